The maximum Gasteiger partial charge on any atom is 0.150 e. The first-order chi connectivity index (χ1) is 5.74. The monoisotopic (exact) mass is 164 g/mol. The van der Waals surface area contributed by atoms with Crippen LogP contribution in [-0.4, -0.2) is 6.29 Å². The van der Waals surface area contributed by atoms with Crippen LogP contribution in [0.15, 0.2) is 18.2 Å². The van der Waals surface area contributed by atoms with Crippen LogP contribution < -0.4 is 0 Å². The minimum absolute atomic E-state index is 0.783. The lowest BCUT2D eigenvalue weighted by Crippen LogP contribution is -1.85. The second-order valence-corrected chi connectivity index (χ2v) is 2.48. The Morgan fingerprint density at radius 2 is 1.75 bits per heavy atom. The Kier molecular flexibility index (Phi) is 5.02. The summed E-state index contributed by atoms with van der Waals surface area (Å²) in [5.41, 5.74) is 3.03. The third-order valence-electron chi connectivity index (χ3n) is 1.55. The van der Waals surface area contributed by atoms with E-state index >= 15 is 0 Å². The third kappa shape index (κ3) is 2.87. The highest BCUT2D eigenvalue weighted by Gasteiger charge is 1.93. The molecule has 1 heteroatoms. The lowest BCUT2D eigenvalue weighted by Gasteiger charge is -1.97. The van der Waals surface area contributed by atoms with Crippen LogP contribution in [-0.2, 0) is 0 Å². The van der Waals surface area contributed by atoms with E-state index in [-0.39, 0.29) is 0 Å². The molecular formula is C11H16O. The van der Waals surface area contributed by atoms with Crippen molar-refractivity contribution in [3.8, 4) is 0 Å². The zero-order chi connectivity index (χ0) is 9.56. The fourth-order valence-corrected chi connectivity index (χ4v) is 0.958. The minimum Gasteiger partial charge on any atom is -0.298 e. The molecule has 1 rings (SSSR count). The van der Waals surface area contributed by atoms with Crippen LogP contribution in [0.1, 0.15) is 35.3 Å². The summed E-state index contributed by atoms with van der Waals surface area (Å²) < 4.78 is 0. The maximum atomic E-state index is 10.3. The number of benzene rings is 1. The first-order valence-corrected chi connectivity index (χ1v) is 4.26. The van der Waals surface area contributed by atoms with Gasteiger partial charge < -0.3 is 0 Å². The Morgan fingerprint density at radius 1 is 1.17 bits per heavy atom. The zero-order valence-corrected chi connectivity index (χ0v) is 8.22. The molecule has 0 unspecified atom stereocenters. The number of aldehydes is 1. The molecule has 1 nitrogen and oxygen atoms in total. The Balaban J connectivity index is 0.000000561. The van der Waals surface area contributed by atoms with E-state index < -0.39 is 0 Å². The Hall–Kier alpha value is -1.11. The molecule has 0 N–H and O–H groups in total. The van der Waals surface area contributed by atoms with Crippen molar-refractivity contribution in [3.63, 3.8) is 0 Å². The molecule has 66 valence electrons. The summed E-state index contributed by atoms with van der Waals surface area (Å²) in [6, 6.07) is 5.79. The number of rotatable bonds is 1. The van der Waals surface area contributed by atoms with Gasteiger partial charge in [0.05, 0.1) is 0 Å². The summed E-state index contributed by atoms with van der Waals surface area (Å²) in [6.45, 7) is 7.96. The van der Waals surface area contributed by atoms with Gasteiger partial charge in [0.25, 0.3) is 0 Å². The van der Waals surface area contributed by atoms with Gasteiger partial charge in [-0.1, -0.05) is 37.6 Å². The van der Waals surface area contributed by atoms with E-state index in [9.17, 15) is 4.79 Å². The molecular weight excluding hydrogens is 148 g/mol. The van der Waals surface area contributed by atoms with Crippen LogP contribution in [0.2, 0.25) is 0 Å². The fraction of sp³-hybridized carbons (Fsp3) is 0.364. The molecule has 12 heavy (non-hydrogen) atoms. The first kappa shape index (κ1) is 10.9. The molecule has 0 fully saturated rings. The summed E-state index contributed by atoms with van der Waals surface area (Å²) in [7, 11) is 0. The van der Waals surface area contributed by atoms with Gasteiger partial charge in [0.1, 0.15) is 6.29 Å². The standard InChI is InChI=1S/C9H10O.C2H6/c1-7-3-4-9(6-10)8(2)5-7;1-2/h3-6H,1-2H3;1-2H3. The maximum absolute atomic E-state index is 10.3. The normalized spacial score (nSPS) is 8.33. The third-order valence-corrected chi connectivity index (χ3v) is 1.55. The highest BCUT2D eigenvalue weighted by molar-refractivity contribution is 5.77. The lowest BCUT2D eigenvalue weighted by molar-refractivity contribution is 0.112. The van der Waals surface area contributed by atoms with E-state index in [1.165, 1.54) is 5.56 Å². The number of carbonyl (C=O) groups excluding carboxylic acids is 1. The Labute approximate surface area is 74.4 Å². The van der Waals surface area contributed by atoms with E-state index in [4.69, 9.17) is 0 Å². The van der Waals surface area contributed by atoms with Crippen molar-refractivity contribution in [2.24, 2.45) is 0 Å². The molecule has 1 aromatic carbocycles. The molecule has 0 amide bonds. The summed E-state index contributed by atoms with van der Waals surface area (Å²) in [6.07, 6.45) is 0.884. The quantitative estimate of drug-likeness (QED) is 0.583. The van der Waals surface area contributed by atoms with Gasteiger partial charge in [-0.2, -0.15) is 0 Å². The van der Waals surface area contributed by atoms with Gasteiger partial charge in [0.2, 0.25) is 0 Å². The molecule has 0 atom stereocenters. The SMILES string of the molecule is CC.Cc1ccc(C=O)c(C)c1. The van der Waals surface area contributed by atoms with Crippen LogP contribution in [0.3, 0.4) is 0 Å². The Bertz CT molecular complexity index is 251. The molecule has 0 saturated carbocycles. The van der Waals surface area contributed by atoms with Gasteiger partial charge in [-0.3, -0.25) is 4.79 Å². The summed E-state index contributed by atoms with van der Waals surface area (Å²) in [5, 5.41) is 0. The van der Waals surface area contributed by atoms with Crippen molar-refractivity contribution in [2.75, 3.05) is 0 Å². The highest BCUT2D eigenvalue weighted by atomic mass is 16.1. The van der Waals surface area contributed by atoms with Crippen molar-refractivity contribution in [1.29, 1.82) is 0 Å². The molecule has 0 aliphatic carbocycles. The second kappa shape index (κ2) is 5.53. The van der Waals surface area contributed by atoms with Crippen molar-refractivity contribution in [3.05, 3.63) is 34.9 Å². The molecule has 0 saturated heterocycles. The second-order valence-electron chi connectivity index (χ2n) is 2.48. The zero-order valence-electron chi connectivity index (χ0n) is 8.22. The molecule has 0 radical (unpaired) electrons. The molecule has 0 aliphatic rings. The molecule has 0 aliphatic heterocycles. The van der Waals surface area contributed by atoms with Crippen molar-refractivity contribution in [1.82, 2.24) is 0 Å². The van der Waals surface area contributed by atoms with E-state index in [2.05, 4.69) is 0 Å². The van der Waals surface area contributed by atoms with Crippen LogP contribution in [0.25, 0.3) is 0 Å². The topological polar surface area (TPSA) is 17.1 Å². The summed E-state index contributed by atoms with van der Waals surface area (Å²) >= 11 is 0. The Morgan fingerprint density at radius 3 is 2.17 bits per heavy atom. The summed E-state index contributed by atoms with van der Waals surface area (Å²) in [5.74, 6) is 0. The molecule has 0 heterocycles. The van der Waals surface area contributed by atoms with Crippen LogP contribution in [0.4, 0.5) is 0 Å². The van der Waals surface area contributed by atoms with Crippen molar-refractivity contribution in [2.45, 2.75) is 27.7 Å². The summed E-state index contributed by atoms with van der Waals surface area (Å²) in [4.78, 5) is 10.3. The highest BCUT2D eigenvalue weighted by Crippen LogP contribution is 2.07. The van der Waals surface area contributed by atoms with Gasteiger partial charge in [-0.25, -0.2) is 0 Å². The van der Waals surface area contributed by atoms with E-state index in [0.29, 0.717) is 0 Å². The smallest absolute Gasteiger partial charge is 0.150 e. The average molecular weight is 164 g/mol. The van der Waals surface area contributed by atoms with E-state index in [0.717, 1.165) is 17.4 Å². The number of carbonyl (C=O) groups is 1. The van der Waals surface area contributed by atoms with E-state index in [1.807, 2.05) is 45.9 Å². The number of aryl methyl sites for hydroxylation is 2. The van der Waals surface area contributed by atoms with Gasteiger partial charge in [0.15, 0.2) is 0 Å². The lowest BCUT2D eigenvalue weighted by atomic mass is 10.1. The molecule has 0 spiro atoms. The molecule has 0 bridgehead atoms. The van der Waals surface area contributed by atoms with Crippen molar-refractivity contribution < 1.29 is 4.79 Å². The number of hydrogen-bond donors (Lipinski definition) is 0. The van der Waals surface area contributed by atoms with Gasteiger partial charge >= 0.3 is 0 Å². The van der Waals surface area contributed by atoms with Gasteiger partial charge in [0, 0.05) is 5.56 Å². The molecule has 1 aromatic rings. The minimum atomic E-state index is 0.783. The average Bonchev–Trinajstić information content (AvgIpc) is 2.08. The van der Waals surface area contributed by atoms with E-state index in [1.54, 1.807) is 0 Å². The predicted octanol–water partition coefficient (Wildman–Crippen LogP) is 3.14. The van der Waals surface area contributed by atoms with Crippen LogP contribution >= 0.6 is 0 Å². The largest absolute Gasteiger partial charge is 0.298 e. The van der Waals surface area contributed by atoms with Gasteiger partial charge in [-0.15, -0.1) is 0 Å². The van der Waals surface area contributed by atoms with Crippen LogP contribution in [0, 0.1) is 13.8 Å². The van der Waals surface area contributed by atoms with Crippen molar-refractivity contribution >= 4 is 6.29 Å². The first-order valence-electron chi connectivity index (χ1n) is 4.26. The predicted molar refractivity (Wildman–Crippen MR) is 52.7 cm³/mol. The molecule has 0 aromatic heterocycles. The number of hydrogen-bond acceptors (Lipinski definition) is 1. The van der Waals surface area contributed by atoms with Gasteiger partial charge in [-0.05, 0) is 19.4 Å². The fourth-order valence-electron chi connectivity index (χ4n) is 0.958. The van der Waals surface area contributed by atoms with Crippen LogP contribution in [0.5, 0.6) is 0 Å².